The van der Waals surface area contributed by atoms with Crippen LogP contribution in [0.5, 0.6) is 0 Å². The predicted molar refractivity (Wildman–Crippen MR) is 67.4 cm³/mol. The number of rotatable bonds is 5. The van der Waals surface area contributed by atoms with Crippen molar-refractivity contribution in [2.75, 3.05) is 13.6 Å². The molecule has 1 aromatic carbocycles. The summed E-state index contributed by atoms with van der Waals surface area (Å²) in [6.45, 7) is 7.86. The van der Waals surface area contributed by atoms with Gasteiger partial charge in [-0.3, -0.25) is 0 Å². The van der Waals surface area contributed by atoms with Crippen LogP contribution < -0.4 is 5.32 Å². The van der Waals surface area contributed by atoms with E-state index in [1.54, 1.807) is 5.56 Å². The lowest BCUT2D eigenvalue weighted by atomic mass is 9.93. The average molecular weight is 205 g/mol. The fourth-order valence-electron chi connectivity index (χ4n) is 2.26. The molecule has 0 amide bonds. The van der Waals surface area contributed by atoms with E-state index in [4.69, 9.17) is 0 Å². The first-order chi connectivity index (χ1) is 7.19. The Bertz CT molecular complexity index is 304. The molecule has 0 saturated heterocycles. The van der Waals surface area contributed by atoms with Gasteiger partial charge in [0.2, 0.25) is 0 Å². The number of nitrogens with one attached hydrogen (secondary N) is 1. The maximum Gasteiger partial charge on any atom is -0.00230 e. The zero-order valence-corrected chi connectivity index (χ0v) is 10.4. The molecular formula is C14H23N. The van der Waals surface area contributed by atoms with Crippen LogP contribution in [0.15, 0.2) is 18.2 Å². The zero-order valence-electron chi connectivity index (χ0n) is 10.4. The minimum atomic E-state index is 0.710. The van der Waals surface area contributed by atoms with Crippen molar-refractivity contribution >= 4 is 0 Å². The fraction of sp³-hybridized carbons (Fsp3) is 0.571. The van der Waals surface area contributed by atoms with E-state index in [2.05, 4.69) is 44.3 Å². The highest BCUT2D eigenvalue weighted by atomic mass is 14.8. The molecule has 0 spiro atoms. The van der Waals surface area contributed by atoms with Gasteiger partial charge in [0, 0.05) is 0 Å². The molecule has 1 aromatic rings. The lowest BCUT2D eigenvalue weighted by Crippen LogP contribution is -2.18. The quantitative estimate of drug-likeness (QED) is 0.779. The largest absolute Gasteiger partial charge is 0.319 e. The molecule has 1 N–H and O–H groups in total. The van der Waals surface area contributed by atoms with Crippen molar-refractivity contribution < 1.29 is 0 Å². The van der Waals surface area contributed by atoms with E-state index in [9.17, 15) is 0 Å². The van der Waals surface area contributed by atoms with Crippen molar-refractivity contribution in [1.29, 1.82) is 0 Å². The Morgan fingerprint density at radius 1 is 1.33 bits per heavy atom. The van der Waals surface area contributed by atoms with Crippen molar-refractivity contribution in [3.8, 4) is 0 Å². The second kappa shape index (κ2) is 5.92. The van der Waals surface area contributed by atoms with Crippen LogP contribution in [0.4, 0.5) is 0 Å². The summed E-state index contributed by atoms with van der Waals surface area (Å²) < 4.78 is 0. The fourth-order valence-corrected chi connectivity index (χ4v) is 2.26. The molecule has 15 heavy (non-hydrogen) atoms. The Morgan fingerprint density at radius 2 is 2.07 bits per heavy atom. The Labute approximate surface area is 93.9 Å². The van der Waals surface area contributed by atoms with Gasteiger partial charge in [0.1, 0.15) is 0 Å². The normalized spacial score (nSPS) is 12.8. The summed E-state index contributed by atoms with van der Waals surface area (Å²) in [7, 11) is 2.02. The van der Waals surface area contributed by atoms with Crippen LogP contribution in [0.3, 0.4) is 0 Å². The van der Waals surface area contributed by atoms with E-state index >= 15 is 0 Å². The highest BCUT2D eigenvalue weighted by molar-refractivity contribution is 5.34. The Hall–Kier alpha value is -0.820. The van der Waals surface area contributed by atoms with E-state index in [0.29, 0.717) is 5.92 Å². The first-order valence-corrected chi connectivity index (χ1v) is 5.91. The second-order valence-corrected chi connectivity index (χ2v) is 4.43. The zero-order chi connectivity index (χ0) is 11.3. The van der Waals surface area contributed by atoms with Gasteiger partial charge in [0.05, 0.1) is 0 Å². The molecule has 1 unspecified atom stereocenters. The smallest absolute Gasteiger partial charge is 0.00230 e. The topological polar surface area (TPSA) is 12.0 Å². The van der Waals surface area contributed by atoms with Gasteiger partial charge in [-0.1, -0.05) is 32.0 Å². The third-order valence-electron chi connectivity index (χ3n) is 2.98. The minimum absolute atomic E-state index is 0.710. The van der Waals surface area contributed by atoms with Crippen LogP contribution in [0.1, 0.15) is 30.5 Å². The van der Waals surface area contributed by atoms with Crippen LogP contribution in [-0.4, -0.2) is 13.6 Å². The molecule has 0 heterocycles. The summed E-state index contributed by atoms with van der Waals surface area (Å²) in [4.78, 5) is 0. The molecule has 0 aromatic heterocycles. The van der Waals surface area contributed by atoms with Crippen molar-refractivity contribution in [2.45, 2.75) is 33.6 Å². The molecule has 1 nitrogen and oxygen atoms in total. The van der Waals surface area contributed by atoms with Gasteiger partial charge >= 0.3 is 0 Å². The predicted octanol–water partition coefficient (Wildman–Crippen LogP) is 2.96. The summed E-state index contributed by atoms with van der Waals surface area (Å²) in [6, 6.07) is 6.67. The van der Waals surface area contributed by atoms with Crippen molar-refractivity contribution in [2.24, 2.45) is 5.92 Å². The Kier molecular flexibility index (Phi) is 4.83. The Morgan fingerprint density at radius 3 is 2.67 bits per heavy atom. The molecular weight excluding hydrogens is 182 g/mol. The monoisotopic (exact) mass is 205 g/mol. The summed E-state index contributed by atoms with van der Waals surface area (Å²) in [5.74, 6) is 0.710. The Balaban J connectivity index is 2.80. The molecule has 1 rings (SSSR count). The number of hydrogen-bond acceptors (Lipinski definition) is 1. The highest BCUT2D eigenvalue weighted by Crippen LogP contribution is 2.18. The van der Waals surface area contributed by atoms with Crippen LogP contribution in [0.2, 0.25) is 0 Å². The van der Waals surface area contributed by atoms with Crippen LogP contribution in [0.25, 0.3) is 0 Å². The SMILES string of the molecule is CCc1c(C)cccc1CC(C)CNC. The number of hydrogen-bond donors (Lipinski definition) is 1. The van der Waals surface area contributed by atoms with Crippen molar-refractivity contribution in [1.82, 2.24) is 5.32 Å². The van der Waals surface area contributed by atoms with Gasteiger partial charge in [-0.15, -0.1) is 0 Å². The van der Waals surface area contributed by atoms with Crippen molar-refractivity contribution in [3.63, 3.8) is 0 Å². The van der Waals surface area contributed by atoms with Gasteiger partial charge in [-0.2, -0.15) is 0 Å². The molecule has 0 radical (unpaired) electrons. The second-order valence-electron chi connectivity index (χ2n) is 4.43. The van der Waals surface area contributed by atoms with E-state index in [1.165, 1.54) is 17.5 Å². The van der Waals surface area contributed by atoms with E-state index in [-0.39, 0.29) is 0 Å². The molecule has 0 aliphatic rings. The van der Waals surface area contributed by atoms with Crippen LogP contribution in [0, 0.1) is 12.8 Å². The van der Waals surface area contributed by atoms with Crippen LogP contribution >= 0.6 is 0 Å². The molecule has 0 aliphatic carbocycles. The van der Waals surface area contributed by atoms with Gasteiger partial charge in [0.25, 0.3) is 0 Å². The third-order valence-corrected chi connectivity index (χ3v) is 2.98. The highest BCUT2D eigenvalue weighted by Gasteiger charge is 2.07. The van der Waals surface area contributed by atoms with Gasteiger partial charge in [-0.25, -0.2) is 0 Å². The molecule has 0 aliphatic heterocycles. The molecule has 0 fully saturated rings. The lowest BCUT2D eigenvalue weighted by molar-refractivity contribution is 0.540. The standard InChI is InChI=1S/C14H23N/c1-5-14-12(3)7-6-8-13(14)9-11(2)10-15-4/h6-8,11,15H,5,9-10H2,1-4H3. The maximum absolute atomic E-state index is 3.24. The first kappa shape index (κ1) is 12.3. The maximum atomic E-state index is 3.24. The molecule has 0 saturated carbocycles. The van der Waals surface area contributed by atoms with E-state index in [0.717, 1.165) is 13.0 Å². The van der Waals surface area contributed by atoms with Crippen molar-refractivity contribution in [3.05, 3.63) is 34.9 Å². The third kappa shape index (κ3) is 3.35. The van der Waals surface area contributed by atoms with Crippen LogP contribution in [-0.2, 0) is 12.8 Å². The van der Waals surface area contributed by atoms with Gasteiger partial charge in [-0.05, 0) is 56.0 Å². The van der Waals surface area contributed by atoms with Gasteiger partial charge in [0.15, 0.2) is 0 Å². The first-order valence-electron chi connectivity index (χ1n) is 5.91. The summed E-state index contributed by atoms with van der Waals surface area (Å²) in [6.07, 6.45) is 2.33. The minimum Gasteiger partial charge on any atom is -0.319 e. The average Bonchev–Trinajstić information content (AvgIpc) is 2.18. The van der Waals surface area contributed by atoms with E-state index < -0.39 is 0 Å². The molecule has 84 valence electrons. The number of benzene rings is 1. The molecule has 1 atom stereocenters. The molecule has 0 bridgehead atoms. The van der Waals surface area contributed by atoms with E-state index in [1.807, 2.05) is 7.05 Å². The number of aryl methyl sites for hydroxylation is 1. The molecule has 1 heteroatoms. The summed E-state index contributed by atoms with van der Waals surface area (Å²) in [5, 5.41) is 3.24. The summed E-state index contributed by atoms with van der Waals surface area (Å²) >= 11 is 0. The van der Waals surface area contributed by atoms with Gasteiger partial charge < -0.3 is 5.32 Å². The lowest BCUT2D eigenvalue weighted by Gasteiger charge is -2.15. The summed E-state index contributed by atoms with van der Waals surface area (Å²) in [5.41, 5.74) is 4.51.